The van der Waals surface area contributed by atoms with Crippen molar-refractivity contribution in [3.05, 3.63) is 12.7 Å². The fourth-order valence-corrected chi connectivity index (χ4v) is 1.26. The van der Waals surface area contributed by atoms with Gasteiger partial charge >= 0.3 is 5.97 Å². The Kier molecular flexibility index (Phi) is 7.67. The largest absolute Gasteiger partial charge is 0.451 e. The topological polar surface area (TPSA) is 88.4 Å². The maximum Gasteiger partial charge on any atom is 0.335 e. The minimum Gasteiger partial charge on any atom is -0.451 e. The molecule has 0 radical (unpaired) electrons. The van der Waals surface area contributed by atoms with E-state index in [4.69, 9.17) is 14.7 Å². The summed E-state index contributed by atoms with van der Waals surface area (Å²) in [4.78, 5) is 23.7. The Hall–Kier alpha value is -1.87. The van der Waals surface area contributed by atoms with E-state index < -0.39 is 29.6 Å². The first-order chi connectivity index (χ1) is 9.67. The highest BCUT2D eigenvalue weighted by atomic mass is 16.6. The molecular formula is C15H24N2O4. The van der Waals surface area contributed by atoms with Crippen molar-refractivity contribution in [2.45, 2.75) is 52.4 Å². The molecule has 3 unspecified atom stereocenters. The number of esters is 1. The van der Waals surface area contributed by atoms with Gasteiger partial charge in [0.05, 0.1) is 12.7 Å². The van der Waals surface area contributed by atoms with Crippen LogP contribution in [0, 0.1) is 17.2 Å². The van der Waals surface area contributed by atoms with Crippen LogP contribution in [0.1, 0.15) is 34.6 Å². The highest BCUT2D eigenvalue weighted by Gasteiger charge is 2.33. The van der Waals surface area contributed by atoms with Gasteiger partial charge in [-0.3, -0.25) is 4.79 Å². The molecule has 0 bridgehead atoms. The molecule has 3 atom stereocenters. The lowest BCUT2D eigenvalue weighted by Gasteiger charge is -2.28. The van der Waals surface area contributed by atoms with Crippen molar-refractivity contribution in [3.8, 4) is 6.07 Å². The van der Waals surface area contributed by atoms with E-state index in [0.717, 1.165) is 0 Å². The Morgan fingerprint density at radius 2 is 1.90 bits per heavy atom. The van der Waals surface area contributed by atoms with Gasteiger partial charge in [0.15, 0.2) is 12.2 Å². The Morgan fingerprint density at radius 3 is 2.33 bits per heavy atom. The van der Waals surface area contributed by atoms with Crippen LogP contribution in [0.4, 0.5) is 0 Å². The monoisotopic (exact) mass is 296 g/mol. The van der Waals surface area contributed by atoms with Crippen LogP contribution in [0.2, 0.25) is 0 Å². The Labute approximate surface area is 126 Å². The third-order valence-corrected chi connectivity index (χ3v) is 3.23. The lowest BCUT2D eigenvalue weighted by Crippen LogP contribution is -2.52. The van der Waals surface area contributed by atoms with Gasteiger partial charge in [-0.2, -0.15) is 5.26 Å². The van der Waals surface area contributed by atoms with Gasteiger partial charge in [-0.15, -0.1) is 6.58 Å². The fraction of sp³-hybridized carbons (Fsp3) is 0.667. The van der Waals surface area contributed by atoms with Crippen molar-refractivity contribution in [3.63, 3.8) is 0 Å². The SMILES string of the molecule is C=CCOC(C)C(=O)OC(C)C(=O)NC(C)(C#N)C(C)C. The summed E-state index contributed by atoms with van der Waals surface area (Å²) in [6.07, 6.45) is -0.273. The van der Waals surface area contributed by atoms with E-state index in [0.29, 0.717) is 0 Å². The van der Waals surface area contributed by atoms with Crippen LogP contribution in [0.15, 0.2) is 12.7 Å². The predicted octanol–water partition coefficient (Wildman–Crippen LogP) is 1.56. The van der Waals surface area contributed by atoms with Crippen LogP contribution < -0.4 is 5.32 Å². The molecule has 1 amide bonds. The molecule has 0 rings (SSSR count). The smallest absolute Gasteiger partial charge is 0.335 e. The molecule has 118 valence electrons. The van der Waals surface area contributed by atoms with Crippen molar-refractivity contribution < 1.29 is 19.1 Å². The Balaban J connectivity index is 4.56. The van der Waals surface area contributed by atoms with E-state index in [1.807, 2.05) is 13.8 Å². The molecule has 0 aliphatic carbocycles. The molecule has 0 heterocycles. The summed E-state index contributed by atoms with van der Waals surface area (Å²) in [6, 6.07) is 2.06. The summed E-state index contributed by atoms with van der Waals surface area (Å²) in [5.41, 5.74) is -1.01. The maximum absolute atomic E-state index is 12.0. The highest BCUT2D eigenvalue weighted by Crippen LogP contribution is 2.15. The summed E-state index contributed by atoms with van der Waals surface area (Å²) < 4.78 is 10.1. The lowest BCUT2D eigenvalue weighted by molar-refractivity contribution is -0.164. The number of nitriles is 1. The summed E-state index contributed by atoms with van der Waals surface area (Å²) in [5, 5.41) is 11.7. The summed E-state index contributed by atoms with van der Waals surface area (Å²) in [7, 11) is 0. The quantitative estimate of drug-likeness (QED) is 0.542. The minimum atomic E-state index is -1.01. The second kappa shape index (κ2) is 8.42. The van der Waals surface area contributed by atoms with E-state index in [9.17, 15) is 9.59 Å². The number of hydrogen-bond acceptors (Lipinski definition) is 5. The predicted molar refractivity (Wildman–Crippen MR) is 78.2 cm³/mol. The molecule has 21 heavy (non-hydrogen) atoms. The van der Waals surface area contributed by atoms with Gasteiger partial charge in [-0.05, 0) is 26.7 Å². The maximum atomic E-state index is 12.0. The van der Waals surface area contributed by atoms with Crippen LogP contribution >= 0.6 is 0 Å². The Bertz CT molecular complexity index is 428. The number of nitrogens with one attached hydrogen (secondary N) is 1. The van der Waals surface area contributed by atoms with Gasteiger partial charge in [-0.1, -0.05) is 19.9 Å². The third-order valence-electron chi connectivity index (χ3n) is 3.23. The zero-order chi connectivity index (χ0) is 16.6. The molecule has 0 aromatic rings. The number of carbonyl (C=O) groups excluding carboxylic acids is 2. The van der Waals surface area contributed by atoms with Crippen LogP contribution in [0.3, 0.4) is 0 Å². The van der Waals surface area contributed by atoms with Crippen LogP contribution in [0.25, 0.3) is 0 Å². The molecule has 0 saturated carbocycles. The third kappa shape index (κ3) is 5.96. The second-order valence-corrected chi connectivity index (χ2v) is 5.30. The van der Waals surface area contributed by atoms with Gasteiger partial charge < -0.3 is 14.8 Å². The van der Waals surface area contributed by atoms with Crippen LogP contribution in [0.5, 0.6) is 0 Å². The van der Waals surface area contributed by atoms with Crippen molar-refractivity contribution in [1.29, 1.82) is 5.26 Å². The van der Waals surface area contributed by atoms with Gasteiger partial charge in [0.1, 0.15) is 5.54 Å². The first-order valence-electron chi connectivity index (χ1n) is 6.84. The summed E-state index contributed by atoms with van der Waals surface area (Å²) >= 11 is 0. The van der Waals surface area contributed by atoms with E-state index in [2.05, 4.69) is 18.0 Å². The molecule has 0 aromatic heterocycles. The van der Waals surface area contributed by atoms with Crippen molar-refractivity contribution in [2.75, 3.05) is 6.61 Å². The van der Waals surface area contributed by atoms with Crippen molar-refractivity contribution >= 4 is 11.9 Å². The first-order valence-corrected chi connectivity index (χ1v) is 6.84. The van der Waals surface area contributed by atoms with E-state index in [1.54, 1.807) is 6.92 Å². The van der Waals surface area contributed by atoms with Gasteiger partial charge in [-0.25, -0.2) is 4.79 Å². The normalized spacial score (nSPS) is 16.2. The molecule has 0 saturated heterocycles. The average Bonchev–Trinajstić information content (AvgIpc) is 2.43. The molecule has 0 fully saturated rings. The molecule has 0 aliphatic heterocycles. The fourth-order valence-electron chi connectivity index (χ4n) is 1.26. The first kappa shape index (κ1) is 19.1. The van der Waals surface area contributed by atoms with Gasteiger partial charge in [0.25, 0.3) is 5.91 Å². The number of ether oxygens (including phenoxy) is 2. The number of rotatable bonds is 8. The van der Waals surface area contributed by atoms with Crippen molar-refractivity contribution in [2.24, 2.45) is 5.92 Å². The molecule has 0 aromatic carbocycles. The van der Waals surface area contributed by atoms with E-state index >= 15 is 0 Å². The Morgan fingerprint density at radius 1 is 1.33 bits per heavy atom. The lowest BCUT2D eigenvalue weighted by atomic mass is 9.90. The zero-order valence-corrected chi connectivity index (χ0v) is 13.3. The van der Waals surface area contributed by atoms with E-state index in [-0.39, 0.29) is 12.5 Å². The minimum absolute atomic E-state index is 0.0794. The molecule has 6 heteroatoms. The molecule has 0 aliphatic rings. The summed E-state index contributed by atoms with van der Waals surface area (Å²) in [6.45, 7) is 12.0. The number of hydrogen-bond donors (Lipinski definition) is 1. The summed E-state index contributed by atoms with van der Waals surface area (Å²) in [5.74, 6) is -1.23. The van der Waals surface area contributed by atoms with E-state index in [1.165, 1.54) is 19.9 Å². The number of nitrogens with zero attached hydrogens (tertiary/aromatic N) is 1. The van der Waals surface area contributed by atoms with Gasteiger partial charge in [0.2, 0.25) is 0 Å². The van der Waals surface area contributed by atoms with Gasteiger partial charge in [0, 0.05) is 0 Å². The highest BCUT2D eigenvalue weighted by molar-refractivity contribution is 5.85. The van der Waals surface area contributed by atoms with Crippen LogP contribution in [-0.4, -0.2) is 36.2 Å². The standard InChI is InChI=1S/C15H24N2O4/c1-7-8-20-12(5)14(19)21-11(4)13(18)17-15(6,9-16)10(2)3/h7,10-12H,1,8H2,2-6H3,(H,17,18). The molecule has 0 spiro atoms. The zero-order valence-electron chi connectivity index (χ0n) is 13.3. The number of amides is 1. The average molecular weight is 296 g/mol. The molecule has 1 N–H and O–H groups in total. The molecular weight excluding hydrogens is 272 g/mol. The second-order valence-electron chi connectivity index (χ2n) is 5.30. The molecule has 6 nitrogen and oxygen atoms in total. The number of carbonyl (C=O) groups is 2. The van der Waals surface area contributed by atoms with Crippen molar-refractivity contribution in [1.82, 2.24) is 5.32 Å². The van der Waals surface area contributed by atoms with Crippen LogP contribution in [-0.2, 0) is 19.1 Å².